The van der Waals surface area contributed by atoms with Crippen LogP contribution in [0.3, 0.4) is 0 Å². The Morgan fingerprint density at radius 3 is 2.48 bits per heavy atom. The summed E-state index contributed by atoms with van der Waals surface area (Å²) in [7, 11) is 0. The third-order valence-electron chi connectivity index (χ3n) is 4.99. The van der Waals surface area contributed by atoms with E-state index in [0.29, 0.717) is 32.3 Å². The minimum atomic E-state index is -0.185. The van der Waals surface area contributed by atoms with Gasteiger partial charge < -0.3 is 4.74 Å². The summed E-state index contributed by atoms with van der Waals surface area (Å²) in [6, 6.07) is 15.7. The van der Waals surface area contributed by atoms with Gasteiger partial charge in [-0.3, -0.25) is 9.59 Å². The predicted molar refractivity (Wildman–Crippen MR) is 119 cm³/mol. The van der Waals surface area contributed by atoms with Crippen molar-refractivity contribution in [2.45, 2.75) is 46.5 Å². The number of rotatable bonds is 10. The van der Waals surface area contributed by atoms with E-state index in [1.54, 1.807) is 4.68 Å². The van der Waals surface area contributed by atoms with Crippen LogP contribution in [0.15, 0.2) is 54.7 Å². The minimum absolute atomic E-state index is 0.185. The van der Waals surface area contributed by atoms with Crippen LogP contribution in [0.25, 0.3) is 5.69 Å². The summed E-state index contributed by atoms with van der Waals surface area (Å²) in [6.07, 6.45) is 3.62. The maximum absolute atomic E-state index is 12.4. The van der Waals surface area contributed by atoms with Crippen LogP contribution in [0.2, 0.25) is 0 Å². The first-order chi connectivity index (χ1) is 14.9. The van der Waals surface area contributed by atoms with Gasteiger partial charge in [0.2, 0.25) is 0 Å². The molecule has 1 aromatic heterocycles. The molecule has 0 bridgehead atoms. The zero-order valence-corrected chi connectivity index (χ0v) is 18.4. The fourth-order valence-electron chi connectivity index (χ4n) is 3.28. The van der Waals surface area contributed by atoms with Crippen molar-refractivity contribution >= 4 is 11.8 Å². The van der Waals surface area contributed by atoms with E-state index in [9.17, 15) is 9.59 Å². The second-order valence-electron chi connectivity index (χ2n) is 8.21. The average Bonchev–Trinajstić information content (AvgIpc) is 3.18. The topological polar surface area (TPSA) is 74.1 Å². The van der Waals surface area contributed by atoms with Crippen molar-refractivity contribution in [2.24, 2.45) is 5.92 Å². The van der Waals surface area contributed by atoms with Crippen molar-refractivity contribution < 1.29 is 14.3 Å². The molecule has 0 spiro atoms. The molecule has 31 heavy (non-hydrogen) atoms. The molecule has 6 heteroatoms. The van der Waals surface area contributed by atoms with Crippen LogP contribution in [0.4, 0.5) is 0 Å². The van der Waals surface area contributed by atoms with Crippen LogP contribution in [0.1, 0.15) is 42.7 Å². The molecule has 0 atom stereocenters. The molecule has 1 heterocycles. The van der Waals surface area contributed by atoms with Crippen LogP contribution < -0.4 is 0 Å². The first-order valence-corrected chi connectivity index (χ1v) is 10.6. The molecular formula is C25H29N3O3. The first kappa shape index (κ1) is 22.4. The second-order valence-corrected chi connectivity index (χ2v) is 8.21. The molecule has 0 unspecified atom stereocenters. The van der Waals surface area contributed by atoms with Gasteiger partial charge >= 0.3 is 5.97 Å². The van der Waals surface area contributed by atoms with E-state index in [4.69, 9.17) is 4.74 Å². The van der Waals surface area contributed by atoms with Crippen molar-refractivity contribution in [3.8, 4) is 5.69 Å². The summed E-state index contributed by atoms with van der Waals surface area (Å²) in [5.74, 6) is 0.293. The Morgan fingerprint density at radius 1 is 1.03 bits per heavy atom. The third kappa shape index (κ3) is 6.88. The van der Waals surface area contributed by atoms with Crippen molar-refractivity contribution in [1.29, 1.82) is 0 Å². The van der Waals surface area contributed by atoms with E-state index in [-0.39, 0.29) is 17.7 Å². The van der Waals surface area contributed by atoms with Gasteiger partial charge in [-0.05, 0) is 41.7 Å². The summed E-state index contributed by atoms with van der Waals surface area (Å²) in [4.78, 5) is 24.0. The highest BCUT2D eigenvalue weighted by Gasteiger charge is 2.10. The van der Waals surface area contributed by atoms with Crippen LogP contribution in [-0.4, -0.2) is 33.4 Å². The molecule has 0 amide bonds. The average molecular weight is 420 g/mol. The van der Waals surface area contributed by atoms with Crippen molar-refractivity contribution in [3.05, 3.63) is 77.1 Å². The van der Waals surface area contributed by atoms with Crippen LogP contribution >= 0.6 is 0 Å². The van der Waals surface area contributed by atoms with Gasteiger partial charge in [0.1, 0.15) is 5.78 Å². The van der Waals surface area contributed by atoms with Crippen LogP contribution in [0, 0.1) is 12.8 Å². The molecule has 6 nitrogen and oxygen atoms in total. The lowest BCUT2D eigenvalue weighted by molar-refractivity contribution is -0.144. The fraction of sp³-hybridized carbons (Fsp3) is 0.360. The zero-order chi connectivity index (χ0) is 22.2. The molecule has 0 aliphatic carbocycles. The third-order valence-corrected chi connectivity index (χ3v) is 4.99. The Bertz CT molecular complexity index is 1020. The maximum Gasteiger partial charge on any atom is 0.306 e. The lowest BCUT2D eigenvalue weighted by atomic mass is 9.99. The van der Waals surface area contributed by atoms with Gasteiger partial charge in [0.25, 0.3) is 0 Å². The quantitative estimate of drug-likeness (QED) is 0.463. The van der Waals surface area contributed by atoms with Crippen molar-refractivity contribution in [1.82, 2.24) is 15.0 Å². The van der Waals surface area contributed by atoms with Crippen LogP contribution in [0.5, 0.6) is 0 Å². The summed E-state index contributed by atoms with van der Waals surface area (Å²) >= 11 is 0. The van der Waals surface area contributed by atoms with Crippen molar-refractivity contribution in [2.75, 3.05) is 6.61 Å². The number of Topliss-reactive ketones (excluding diaryl/α,β-unsaturated/α-hetero) is 1. The smallest absolute Gasteiger partial charge is 0.306 e. The highest BCUT2D eigenvalue weighted by molar-refractivity contribution is 5.83. The van der Waals surface area contributed by atoms with Gasteiger partial charge in [-0.2, -0.15) is 0 Å². The molecule has 3 aromatic rings. The number of esters is 1. The molecule has 0 aliphatic heterocycles. The molecule has 162 valence electrons. The van der Waals surface area contributed by atoms with Crippen LogP contribution in [-0.2, 0) is 33.6 Å². The van der Waals surface area contributed by atoms with Gasteiger partial charge in [0.05, 0.1) is 24.2 Å². The largest absolute Gasteiger partial charge is 0.465 e. The van der Waals surface area contributed by atoms with Gasteiger partial charge in [-0.15, -0.1) is 5.10 Å². The number of nitrogens with zero attached hydrogens (tertiary/aromatic N) is 3. The summed E-state index contributed by atoms with van der Waals surface area (Å²) in [5, 5.41) is 8.29. The van der Waals surface area contributed by atoms with E-state index >= 15 is 0 Å². The first-order valence-electron chi connectivity index (χ1n) is 10.6. The van der Waals surface area contributed by atoms with E-state index < -0.39 is 0 Å². The molecule has 0 fully saturated rings. The Labute approximate surface area is 183 Å². The molecule has 2 aromatic carbocycles. The van der Waals surface area contributed by atoms with Gasteiger partial charge in [-0.1, -0.05) is 55.5 Å². The molecule has 0 aliphatic rings. The SMILES string of the molecule is Cc1ccccc1CC(=O)Cc1ccc(-n2cc(CCOC(=O)CC(C)C)nn2)cc1. The Kier molecular flexibility index (Phi) is 7.70. The molecule has 0 saturated heterocycles. The number of carbonyl (C=O) groups excluding carboxylic acids is 2. The Morgan fingerprint density at radius 2 is 1.77 bits per heavy atom. The number of aryl methyl sites for hydroxylation is 1. The zero-order valence-electron chi connectivity index (χ0n) is 18.4. The monoisotopic (exact) mass is 419 g/mol. The number of ketones is 1. The number of carbonyl (C=O) groups is 2. The van der Waals surface area contributed by atoms with Gasteiger partial charge in [0, 0.05) is 25.7 Å². The highest BCUT2D eigenvalue weighted by atomic mass is 16.5. The van der Waals surface area contributed by atoms with E-state index in [1.165, 1.54) is 0 Å². The standard InChI is InChI=1S/C25H29N3O3/c1-18(2)14-25(30)31-13-12-22-17-28(27-26-22)23-10-8-20(9-11-23)15-24(29)16-21-7-5-4-6-19(21)3/h4-11,17-18H,12-16H2,1-3H3. The number of ether oxygens (including phenoxy) is 1. The maximum atomic E-state index is 12.4. The number of benzene rings is 2. The lowest BCUT2D eigenvalue weighted by Gasteiger charge is -2.06. The van der Waals surface area contributed by atoms with Gasteiger partial charge in [0.15, 0.2) is 0 Å². The normalized spacial score (nSPS) is 11.0. The molecular weight excluding hydrogens is 390 g/mol. The predicted octanol–water partition coefficient (Wildman–Crippen LogP) is 4.06. The lowest BCUT2D eigenvalue weighted by Crippen LogP contribution is -2.10. The number of aromatic nitrogens is 3. The molecule has 0 saturated carbocycles. The molecule has 0 N–H and O–H groups in total. The fourth-order valence-corrected chi connectivity index (χ4v) is 3.28. The van der Waals surface area contributed by atoms with E-state index in [1.807, 2.05) is 75.5 Å². The molecule has 0 radical (unpaired) electrons. The number of hydrogen-bond acceptors (Lipinski definition) is 5. The van der Waals surface area contributed by atoms with E-state index in [2.05, 4.69) is 10.3 Å². The summed E-state index contributed by atoms with van der Waals surface area (Å²) in [5.41, 5.74) is 4.82. The summed E-state index contributed by atoms with van der Waals surface area (Å²) in [6.45, 7) is 6.29. The summed E-state index contributed by atoms with van der Waals surface area (Å²) < 4.78 is 6.91. The minimum Gasteiger partial charge on any atom is -0.465 e. The van der Waals surface area contributed by atoms with Gasteiger partial charge in [-0.25, -0.2) is 4.68 Å². The van der Waals surface area contributed by atoms with Crippen molar-refractivity contribution in [3.63, 3.8) is 0 Å². The second kappa shape index (κ2) is 10.7. The van der Waals surface area contributed by atoms with E-state index in [0.717, 1.165) is 28.1 Å². The molecule has 3 rings (SSSR count). The Hall–Kier alpha value is -3.28. The number of hydrogen-bond donors (Lipinski definition) is 0. The Balaban J connectivity index is 1.51. The highest BCUT2D eigenvalue weighted by Crippen LogP contribution is 2.13.